The number of fused-ring (bicyclic) bond motifs is 1. The molecule has 0 aromatic heterocycles. The van der Waals surface area contributed by atoms with Crippen LogP contribution in [0, 0.1) is 0 Å². The van der Waals surface area contributed by atoms with Crippen LogP contribution in [0.2, 0.25) is 0 Å². The minimum absolute atomic E-state index is 0.0767. The third kappa shape index (κ3) is 4.75. The van der Waals surface area contributed by atoms with Crippen LogP contribution in [-0.2, 0) is 21.2 Å². The molecule has 0 spiro atoms. The molecular weight excluding hydrogens is 438 g/mol. The molecule has 0 fully saturated rings. The number of sulfonamides is 1. The molecule has 4 rings (SSSR count). The zero-order valence-electron chi connectivity index (χ0n) is 18.4. The fourth-order valence-electron chi connectivity index (χ4n) is 3.95. The fraction of sp³-hybridized carbons (Fsp3) is 0.200. The van der Waals surface area contributed by atoms with Crippen molar-refractivity contribution in [3.63, 3.8) is 0 Å². The Kier molecular flexibility index (Phi) is 6.20. The Labute approximate surface area is 193 Å². The molecule has 1 aliphatic rings. The van der Waals surface area contributed by atoms with Crippen molar-refractivity contribution in [2.24, 2.45) is 0 Å². The summed E-state index contributed by atoms with van der Waals surface area (Å²) in [6, 6.07) is 20.5. The number of amides is 2. The average Bonchev–Trinajstić information content (AvgIpc) is 3.23. The van der Waals surface area contributed by atoms with Crippen LogP contribution in [0.5, 0.6) is 0 Å². The molecule has 7 nitrogen and oxygen atoms in total. The lowest BCUT2D eigenvalue weighted by Gasteiger charge is -2.17. The van der Waals surface area contributed by atoms with E-state index in [1.807, 2.05) is 37.3 Å². The second-order valence-electron chi connectivity index (χ2n) is 7.97. The van der Waals surface area contributed by atoms with E-state index in [9.17, 15) is 18.0 Å². The number of hydrogen-bond acceptors (Lipinski definition) is 4. The molecule has 33 heavy (non-hydrogen) atoms. The number of anilines is 2. The number of rotatable bonds is 6. The molecule has 0 radical (unpaired) electrons. The molecule has 2 N–H and O–H groups in total. The highest BCUT2D eigenvalue weighted by atomic mass is 32.2. The summed E-state index contributed by atoms with van der Waals surface area (Å²) in [4.78, 5) is 26.4. The summed E-state index contributed by atoms with van der Waals surface area (Å²) >= 11 is 0. The first-order chi connectivity index (χ1) is 15.8. The number of benzene rings is 3. The standard InChI is InChI=1S/C25H25N3O4S/c1-17(19-8-4-3-5-9-19)26-25(30)22-10-6-7-11-23(22)27-33(31,32)21-12-13-24-20(16-21)14-15-28(24)18(2)29/h3-13,16-17,27H,14-15H2,1-2H3,(H,26,30)/t17-/m0/s1. The van der Waals surface area contributed by atoms with Crippen LogP contribution in [0.25, 0.3) is 0 Å². The summed E-state index contributed by atoms with van der Waals surface area (Å²) in [5.74, 6) is -0.456. The van der Waals surface area contributed by atoms with E-state index in [4.69, 9.17) is 0 Å². The highest BCUT2D eigenvalue weighted by molar-refractivity contribution is 7.92. The van der Waals surface area contributed by atoms with E-state index >= 15 is 0 Å². The fourth-order valence-corrected chi connectivity index (χ4v) is 5.08. The Balaban J connectivity index is 1.56. The highest BCUT2D eigenvalue weighted by Gasteiger charge is 2.25. The zero-order valence-corrected chi connectivity index (χ0v) is 19.2. The van der Waals surface area contributed by atoms with Gasteiger partial charge in [0.25, 0.3) is 15.9 Å². The first kappa shape index (κ1) is 22.5. The van der Waals surface area contributed by atoms with Crippen molar-refractivity contribution in [2.45, 2.75) is 31.2 Å². The minimum Gasteiger partial charge on any atom is -0.345 e. The topological polar surface area (TPSA) is 95.6 Å². The molecule has 3 aromatic carbocycles. The lowest BCUT2D eigenvalue weighted by Crippen LogP contribution is -2.28. The Bertz CT molecular complexity index is 1310. The van der Waals surface area contributed by atoms with Gasteiger partial charge in [-0.2, -0.15) is 0 Å². The van der Waals surface area contributed by atoms with Gasteiger partial charge in [-0.25, -0.2) is 8.42 Å². The van der Waals surface area contributed by atoms with Gasteiger partial charge in [-0.15, -0.1) is 0 Å². The average molecular weight is 464 g/mol. The number of para-hydroxylation sites is 1. The van der Waals surface area contributed by atoms with E-state index in [2.05, 4.69) is 10.0 Å². The number of carbonyl (C=O) groups excluding carboxylic acids is 2. The summed E-state index contributed by atoms with van der Waals surface area (Å²) in [5.41, 5.74) is 2.91. The molecule has 0 saturated heterocycles. The molecule has 1 heterocycles. The molecule has 8 heteroatoms. The molecule has 1 atom stereocenters. The Hall–Kier alpha value is -3.65. The maximum absolute atomic E-state index is 13.1. The molecular formula is C25H25N3O4S. The third-order valence-electron chi connectivity index (χ3n) is 5.70. The van der Waals surface area contributed by atoms with Gasteiger partial charge in [0.05, 0.1) is 22.2 Å². The van der Waals surface area contributed by atoms with E-state index in [1.165, 1.54) is 13.0 Å². The van der Waals surface area contributed by atoms with Crippen molar-refractivity contribution in [1.82, 2.24) is 5.32 Å². The van der Waals surface area contributed by atoms with Gasteiger partial charge in [-0.1, -0.05) is 42.5 Å². The quantitative estimate of drug-likeness (QED) is 0.580. The van der Waals surface area contributed by atoms with Crippen molar-refractivity contribution in [2.75, 3.05) is 16.2 Å². The van der Waals surface area contributed by atoms with Crippen molar-refractivity contribution >= 4 is 33.2 Å². The summed E-state index contributed by atoms with van der Waals surface area (Å²) in [5, 5.41) is 2.92. The van der Waals surface area contributed by atoms with Gasteiger partial charge >= 0.3 is 0 Å². The monoisotopic (exact) mass is 463 g/mol. The van der Waals surface area contributed by atoms with Gasteiger partial charge in [-0.3, -0.25) is 14.3 Å². The minimum atomic E-state index is -3.94. The van der Waals surface area contributed by atoms with E-state index in [0.29, 0.717) is 13.0 Å². The van der Waals surface area contributed by atoms with Crippen LogP contribution in [0.15, 0.2) is 77.7 Å². The predicted molar refractivity (Wildman–Crippen MR) is 128 cm³/mol. The van der Waals surface area contributed by atoms with Crippen LogP contribution < -0.4 is 14.9 Å². The maximum Gasteiger partial charge on any atom is 0.261 e. The summed E-state index contributed by atoms with van der Waals surface area (Å²) in [6.07, 6.45) is 0.592. The van der Waals surface area contributed by atoms with Gasteiger partial charge < -0.3 is 10.2 Å². The summed E-state index contributed by atoms with van der Waals surface area (Å²) in [7, 11) is -3.94. The Morgan fingerprint density at radius 2 is 1.67 bits per heavy atom. The van der Waals surface area contributed by atoms with Crippen LogP contribution in [0.3, 0.4) is 0 Å². The normalized spacial score (nSPS) is 13.8. The second kappa shape index (κ2) is 9.07. The lowest BCUT2D eigenvalue weighted by atomic mass is 10.1. The van der Waals surface area contributed by atoms with Crippen molar-refractivity contribution in [1.29, 1.82) is 0 Å². The number of nitrogens with zero attached hydrogens (tertiary/aromatic N) is 1. The number of hydrogen-bond donors (Lipinski definition) is 2. The van der Waals surface area contributed by atoms with Crippen molar-refractivity contribution in [3.05, 3.63) is 89.5 Å². The van der Waals surface area contributed by atoms with Gasteiger partial charge in [-0.05, 0) is 54.8 Å². The first-order valence-electron chi connectivity index (χ1n) is 10.6. The van der Waals surface area contributed by atoms with E-state index < -0.39 is 10.0 Å². The van der Waals surface area contributed by atoms with Crippen molar-refractivity contribution in [3.8, 4) is 0 Å². The highest BCUT2D eigenvalue weighted by Crippen LogP contribution is 2.31. The van der Waals surface area contributed by atoms with Crippen LogP contribution in [-0.4, -0.2) is 26.8 Å². The van der Waals surface area contributed by atoms with E-state index in [1.54, 1.807) is 41.3 Å². The molecule has 0 unspecified atom stereocenters. The maximum atomic E-state index is 13.1. The van der Waals surface area contributed by atoms with Gasteiger partial charge in [0.2, 0.25) is 5.91 Å². The molecule has 0 bridgehead atoms. The van der Waals surface area contributed by atoms with Crippen LogP contribution in [0.4, 0.5) is 11.4 Å². The van der Waals surface area contributed by atoms with Gasteiger partial charge in [0.15, 0.2) is 0 Å². The molecule has 3 aromatic rings. The molecule has 0 aliphatic carbocycles. The summed E-state index contributed by atoms with van der Waals surface area (Å²) < 4.78 is 28.8. The Morgan fingerprint density at radius 3 is 2.39 bits per heavy atom. The smallest absolute Gasteiger partial charge is 0.261 e. The summed E-state index contributed by atoms with van der Waals surface area (Å²) in [6.45, 7) is 3.89. The van der Waals surface area contributed by atoms with Crippen LogP contribution in [0.1, 0.15) is 41.4 Å². The first-order valence-corrected chi connectivity index (χ1v) is 12.1. The molecule has 1 aliphatic heterocycles. The molecule has 170 valence electrons. The number of nitrogens with one attached hydrogen (secondary N) is 2. The zero-order chi connectivity index (χ0) is 23.6. The number of carbonyl (C=O) groups is 2. The van der Waals surface area contributed by atoms with Crippen LogP contribution >= 0.6 is 0 Å². The lowest BCUT2D eigenvalue weighted by molar-refractivity contribution is -0.116. The van der Waals surface area contributed by atoms with E-state index in [0.717, 1.165) is 16.8 Å². The van der Waals surface area contributed by atoms with Gasteiger partial charge in [0, 0.05) is 19.2 Å². The van der Waals surface area contributed by atoms with Crippen molar-refractivity contribution < 1.29 is 18.0 Å². The Morgan fingerprint density at radius 1 is 0.970 bits per heavy atom. The third-order valence-corrected chi connectivity index (χ3v) is 7.06. The molecule has 0 saturated carbocycles. The largest absolute Gasteiger partial charge is 0.345 e. The van der Waals surface area contributed by atoms with Gasteiger partial charge in [0.1, 0.15) is 0 Å². The predicted octanol–water partition coefficient (Wildman–Crippen LogP) is 3.89. The SMILES string of the molecule is CC(=O)N1CCc2cc(S(=O)(=O)Nc3ccccc3C(=O)N[C@@H](C)c3ccccc3)ccc21. The van der Waals surface area contributed by atoms with E-state index in [-0.39, 0.29) is 34.0 Å². The molecule has 2 amide bonds. The second-order valence-corrected chi connectivity index (χ2v) is 9.65.